The predicted molar refractivity (Wildman–Crippen MR) is 31.8 cm³/mol. The molecule has 1 rings (SSSR count). The smallest absolute Gasteiger partial charge is 0.284 e. The Morgan fingerprint density at radius 3 is 3.44 bits per heavy atom. The van der Waals surface area contributed by atoms with E-state index in [1.807, 2.05) is 0 Å². The highest BCUT2D eigenvalue weighted by atomic mass is 19.1. The van der Waals surface area contributed by atoms with E-state index < -0.39 is 36.0 Å². The lowest BCUT2D eigenvalue weighted by Gasteiger charge is -1.89. The zero-order chi connectivity index (χ0) is 11.1. The molecule has 0 bridgehead atoms. The maximum Gasteiger partial charge on any atom is 0.284 e. The molecular weight excluding hydrogens is 121 g/mol. The molecule has 0 aliphatic heterocycles. The minimum Gasteiger partial charge on any atom is -0.327 e. The number of rotatable bonds is 0. The summed E-state index contributed by atoms with van der Waals surface area (Å²) in [6.45, 7) is -2.90. The number of hydrogen-bond acceptors (Lipinski definition) is 1. The van der Waals surface area contributed by atoms with Crippen molar-refractivity contribution < 1.29 is 11.2 Å². The molecule has 48 valence electrons. The molecule has 0 saturated heterocycles. The van der Waals surface area contributed by atoms with E-state index in [2.05, 4.69) is 0 Å². The average Bonchev–Trinajstić information content (AvgIpc) is 1.98. The Hall–Kier alpha value is -1.12. The van der Waals surface area contributed by atoms with Gasteiger partial charge in [-0.15, -0.1) is 0 Å². The van der Waals surface area contributed by atoms with Crippen molar-refractivity contribution in [3.63, 3.8) is 0 Å². The molecule has 1 aromatic rings. The van der Waals surface area contributed by atoms with Gasteiger partial charge in [-0.25, -0.2) is 4.39 Å². The van der Waals surface area contributed by atoms with Crippen LogP contribution in [0.3, 0.4) is 0 Å². The van der Waals surface area contributed by atoms with Crippen LogP contribution >= 0.6 is 0 Å². The van der Waals surface area contributed by atoms with Crippen LogP contribution in [0, 0.1) is 12.7 Å². The number of hydrogen-bond donors (Lipinski definition) is 1. The minimum atomic E-state index is -2.90. The molecule has 0 atom stereocenters. The highest BCUT2D eigenvalue weighted by Crippen LogP contribution is 1.94. The number of nitrogens with one attached hydrogen (secondary N) is 1. The second-order valence-corrected chi connectivity index (χ2v) is 1.39. The topological polar surface area (TPSA) is 32.9 Å². The third-order valence-corrected chi connectivity index (χ3v) is 0.782. The van der Waals surface area contributed by atoms with Gasteiger partial charge >= 0.3 is 0 Å². The highest BCUT2D eigenvalue weighted by molar-refractivity contribution is 5.09. The summed E-state index contributed by atoms with van der Waals surface area (Å²) < 4.78 is 47.8. The fourth-order valence-corrected chi connectivity index (χ4v) is 0.374. The maximum absolute atomic E-state index is 13.0. The van der Waals surface area contributed by atoms with Crippen LogP contribution in [0.5, 0.6) is 0 Å². The van der Waals surface area contributed by atoms with Crippen molar-refractivity contribution in [3.05, 3.63) is 33.9 Å². The Morgan fingerprint density at radius 1 is 2.00 bits per heavy atom. The van der Waals surface area contributed by atoms with Crippen molar-refractivity contribution in [2.75, 3.05) is 0 Å². The van der Waals surface area contributed by atoms with Crippen molar-refractivity contribution in [2.45, 2.75) is 6.85 Å². The van der Waals surface area contributed by atoms with E-state index >= 15 is 0 Å². The van der Waals surface area contributed by atoms with Gasteiger partial charge < -0.3 is 4.98 Å². The zero-order valence-electron chi connectivity index (χ0n) is 9.29. The molecule has 9 heavy (non-hydrogen) atoms. The standard InChI is InChI=1S/C6H6FNO/c1-4-2-3-8-6(9)5(4)7/h2-3H,1H3,(H,8,9)/i1D3,2D,3D. The number of aromatic amines is 1. The molecule has 0 radical (unpaired) electrons. The molecule has 0 amide bonds. The molecule has 3 heteroatoms. The van der Waals surface area contributed by atoms with Gasteiger partial charge in [-0.3, -0.25) is 4.79 Å². The Morgan fingerprint density at radius 2 is 2.78 bits per heavy atom. The zero-order valence-corrected chi connectivity index (χ0v) is 4.29. The summed E-state index contributed by atoms with van der Waals surface area (Å²) in [6, 6.07) is -0.817. The van der Waals surface area contributed by atoms with E-state index in [4.69, 9.17) is 6.85 Å². The lowest BCUT2D eigenvalue weighted by Crippen LogP contribution is -2.10. The molecule has 0 spiro atoms. The predicted octanol–water partition coefficient (Wildman–Crippen LogP) is 0.822. The molecule has 1 heterocycles. The summed E-state index contributed by atoms with van der Waals surface area (Å²) >= 11 is 0. The van der Waals surface area contributed by atoms with Gasteiger partial charge in [0.05, 0.1) is 2.74 Å². The summed E-state index contributed by atoms with van der Waals surface area (Å²) in [6.07, 6.45) is -0.706. The normalized spacial score (nSPS) is 19.0. The molecule has 0 unspecified atom stereocenters. The molecule has 1 aromatic heterocycles. The van der Waals surface area contributed by atoms with Gasteiger partial charge in [-0.05, 0) is 18.5 Å². The fraction of sp³-hybridized carbons (Fsp3) is 0.167. The molecule has 0 aromatic carbocycles. The van der Waals surface area contributed by atoms with Gasteiger partial charge in [0.15, 0.2) is 5.82 Å². The quantitative estimate of drug-likeness (QED) is 0.557. The number of aromatic nitrogens is 1. The molecule has 0 aliphatic rings. The van der Waals surface area contributed by atoms with E-state index in [1.165, 1.54) is 0 Å². The van der Waals surface area contributed by atoms with Crippen LogP contribution in [0.2, 0.25) is 0 Å². The SMILES string of the molecule is [2H]c1[nH]c(=O)c(F)c(C([2H])([2H])[2H])c1[2H]. The summed E-state index contributed by atoms with van der Waals surface area (Å²) in [4.78, 5) is 12.5. The first-order valence-corrected chi connectivity index (χ1v) is 2.14. The fourth-order valence-electron chi connectivity index (χ4n) is 0.374. The Kier molecular flexibility index (Phi) is 0.502. The van der Waals surface area contributed by atoms with Gasteiger partial charge in [-0.2, -0.15) is 0 Å². The Labute approximate surface area is 58.4 Å². The van der Waals surface area contributed by atoms with Crippen LogP contribution in [0.1, 0.15) is 12.4 Å². The number of pyridine rings is 1. The lowest BCUT2D eigenvalue weighted by atomic mass is 10.3. The molecule has 0 saturated carbocycles. The van der Waals surface area contributed by atoms with Crippen LogP contribution in [-0.4, -0.2) is 4.98 Å². The number of H-pyrrole nitrogens is 1. The van der Waals surface area contributed by atoms with Crippen LogP contribution in [-0.2, 0) is 0 Å². The van der Waals surface area contributed by atoms with Crippen molar-refractivity contribution in [1.82, 2.24) is 4.98 Å². The summed E-state index contributed by atoms with van der Waals surface area (Å²) in [5, 5.41) is 0. The van der Waals surface area contributed by atoms with E-state index in [1.54, 1.807) is 4.98 Å². The third kappa shape index (κ3) is 0.988. The molecule has 1 N–H and O–H groups in total. The first kappa shape index (κ1) is 2.25. The van der Waals surface area contributed by atoms with Crippen molar-refractivity contribution in [2.24, 2.45) is 0 Å². The molecule has 0 fully saturated rings. The summed E-state index contributed by atoms with van der Waals surface area (Å²) in [5.41, 5.74) is -2.30. The average molecular weight is 132 g/mol. The Balaban J connectivity index is 3.65. The van der Waals surface area contributed by atoms with Crippen molar-refractivity contribution >= 4 is 0 Å². The Bertz CT molecular complexity index is 423. The molecule has 0 aliphatic carbocycles. The van der Waals surface area contributed by atoms with Crippen molar-refractivity contribution in [1.29, 1.82) is 0 Å². The second kappa shape index (κ2) is 2.01. The van der Waals surface area contributed by atoms with Gasteiger partial charge in [-0.1, -0.05) is 0 Å². The monoisotopic (exact) mass is 132 g/mol. The highest BCUT2D eigenvalue weighted by Gasteiger charge is 1.97. The van der Waals surface area contributed by atoms with Crippen molar-refractivity contribution in [3.8, 4) is 0 Å². The largest absolute Gasteiger partial charge is 0.327 e. The molecule has 2 nitrogen and oxygen atoms in total. The minimum absolute atomic E-state index is 0.706. The van der Waals surface area contributed by atoms with Gasteiger partial charge in [0, 0.05) is 10.3 Å². The maximum atomic E-state index is 13.0. The van der Waals surface area contributed by atoms with Crippen LogP contribution in [0.25, 0.3) is 0 Å². The lowest BCUT2D eigenvalue weighted by molar-refractivity contribution is 0.599. The van der Waals surface area contributed by atoms with Gasteiger partial charge in [0.25, 0.3) is 5.56 Å². The van der Waals surface area contributed by atoms with Crippen LogP contribution in [0.15, 0.2) is 17.0 Å². The van der Waals surface area contributed by atoms with E-state index in [-0.39, 0.29) is 0 Å². The van der Waals surface area contributed by atoms with Crippen LogP contribution in [0.4, 0.5) is 4.39 Å². The first-order chi connectivity index (χ1) is 6.25. The second-order valence-electron chi connectivity index (χ2n) is 1.39. The number of halogens is 1. The van der Waals surface area contributed by atoms with E-state index in [9.17, 15) is 9.18 Å². The molecular formula is C6H6FNO. The summed E-state index contributed by atoms with van der Waals surface area (Å²) in [7, 11) is 0. The summed E-state index contributed by atoms with van der Waals surface area (Å²) in [5.74, 6) is -1.52. The van der Waals surface area contributed by atoms with E-state index in [0.717, 1.165) is 0 Å². The van der Waals surface area contributed by atoms with E-state index in [0.29, 0.717) is 0 Å². The third-order valence-electron chi connectivity index (χ3n) is 0.782. The van der Waals surface area contributed by atoms with Crippen LogP contribution < -0.4 is 5.56 Å². The van der Waals surface area contributed by atoms with Gasteiger partial charge in [0.1, 0.15) is 0 Å². The first-order valence-electron chi connectivity index (χ1n) is 4.64. The van der Waals surface area contributed by atoms with Gasteiger partial charge in [0.2, 0.25) is 0 Å².